The van der Waals surface area contributed by atoms with E-state index in [1.165, 1.54) is 38.5 Å². The molecule has 0 N–H and O–H groups in total. The minimum absolute atomic E-state index is 0.282. The van der Waals surface area contributed by atoms with Crippen molar-refractivity contribution < 1.29 is 9.58 Å². The van der Waals surface area contributed by atoms with E-state index in [9.17, 15) is 11.1 Å². The standard InChI is InChI=1S/C16H26N4/c17-19-15-11-7-3-1-5-9-13(15)14-10-6-2-4-8-12-16(14)20-18/h13-14H,1-12H2. The quantitative estimate of drug-likeness (QED) is 0.506. The third-order valence-electron chi connectivity index (χ3n) is 4.99. The fourth-order valence-corrected chi connectivity index (χ4v) is 3.87. The molecule has 4 nitrogen and oxygen atoms in total. The lowest BCUT2D eigenvalue weighted by Crippen LogP contribution is -2.32. The van der Waals surface area contributed by atoms with Gasteiger partial charge in [0, 0.05) is 12.8 Å². The Labute approximate surface area is 121 Å². The summed E-state index contributed by atoms with van der Waals surface area (Å²) in [7, 11) is 0. The fraction of sp³-hybridized carbons (Fsp3) is 0.875. The van der Waals surface area contributed by atoms with E-state index >= 15 is 0 Å². The zero-order chi connectivity index (χ0) is 14.2. The third kappa shape index (κ3) is 3.88. The first kappa shape index (κ1) is 15.2. The normalized spacial score (nSPS) is 29.4. The van der Waals surface area contributed by atoms with E-state index in [-0.39, 0.29) is 11.8 Å². The molecule has 0 radical (unpaired) electrons. The van der Waals surface area contributed by atoms with E-state index in [0.29, 0.717) is 0 Å². The van der Waals surface area contributed by atoms with E-state index in [1.807, 2.05) is 0 Å². The largest absolute Gasteiger partial charge is 0.362 e. The van der Waals surface area contributed by atoms with Crippen LogP contribution in [0.5, 0.6) is 0 Å². The Balaban J connectivity index is 2.21. The highest BCUT2D eigenvalue weighted by Gasteiger charge is 2.38. The summed E-state index contributed by atoms with van der Waals surface area (Å²) in [5.74, 6) is 0.564. The minimum Gasteiger partial charge on any atom is -0.362 e. The van der Waals surface area contributed by atoms with Gasteiger partial charge in [-0.25, -0.2) is 0 Å². The molecule has 2 fully saturated rings. The molecule has 0 aromatic carbocycles. The van der Waals surface area contributed by atoms with Gasteiger partial charge in [0.15, 0.2) is 0 Å². The molecule has 2 aliphatic rings. The average molecular weight is 274 g/mol. The van der Waals surface area contributed by atoms with E-state index in [0.717, 1.165) is 49.9 Å². The second kappa shape index (κ2) is 8.14. The van der Waals surface area contributed by atoms with Gasteiger partial charge in [0.25, 0.3) is 11.4 Å². The predicted molar refractivity (Wildman–Crippen MR) is 79.6 cm³/mol. The van der Waals surface area contributed by atoms with Gasteiger partial charge in [0.1, 0.15) is 0 Å². The summed E-state index contributed by atoms with van der Waals surface area (Å²) in [5, 5.41) is 0. The number of hydrogen-bond acceptors (Lipinski definition) is 0. The number of hydrogen-bond donors (Lipinski definition) is 0. The van der Waals surface area contributed by atoms with Crippen molar-refractivity contribution in [2.45, 2.75) is 77.0 Å². The molecule has 2 atom stereocenters. The monoisotopic (exact) mass is 274 g/mol. The highest BCUT2D eigenvalue weighted by molar-refractivity contribution is 5.90. The highest BCUT2D eigenvalue weighted by atomic mass is 14.9. The van der Waals surface area contributed by atoms with Crippen LogP contribution in [0.1, 0.15) is 77.0 Å². The van der Waals surface area contributed by atoms with Crippen LogP contribution < -0.4 is 0 Å². The molecule has 20 heavy (non-hydrogen) atoms. The Morgan fingerprint density at radius 3 is 1.40 bits per heavy atom. The maximum absolute atomic E-state index is 9.38. The molecule has 0 aromatic rings. The van der Waals surface area contributed by atoms with Crippen LogP contribution in [0.2, 0.25) is 0 Å². The Kier molecular flexibility index (Phi) is 6.17. The van der Waals surface area contributed by atoms with Crippen molar-refractivity contribution in [2.75, 3.05) is 0 Å². The van der Waals surface area contributed by atoms with Gasteiger partial charge < -0.3 is 11.1 Å². The van der Waals surface area contributed by atoms with Crippen molar-refractivity contribution in [2.24, 2.45) is 11.8 Å². The molecule has 2 aliphatic carbocycles. The maximum atomic E-state index is 9.38. The van der Waals surface area contributed by atoms with Gasteiger partial charge in [-0.3, -0.25) is 0 Å². The molecule has 4 heteroatoms. The first-order chi connectivity index (χ1) is 9.86. The summed E-state index contributed by atoms with van der Waals surface area (Å²) < 4.78 is 0. The van der Waals surface area contributed by atoms with Crippen molar-refractivity contribution in [3.8, 4) is 0 Å². The van der Waals surface area contributed by atoms with Crippen molar-refractivity contribution >= 4 is 11.4 Å². The van der Waals surface area contributed by atoms with Gasteiger partial charge in [0.05, 0.1) is 11.8 Å². The smallest absolute Gasteiger partial charge is 0.272 e. The Hall–Kier alpha value is -1.24. The van der Waals surface area contributed by atoms with Crippen LogP contribution in [-0.4, -0.2) is 21.0 Å². The predicted octanol–water partition coefficient (Wildman–Crippen LogP) is 4.27. The molecule has 2 rings (SSSR count). The molecular formula is C16H26N4. The van der Waals surface area contributed by atoms with Gasteiger partial charge in [-0.1, -0.05) is 38.5 Å². The summed E-state index contributed by atoms with van der Waals surface area (Å²) in [6, 6.07) is 0. The SMILES string of the molecule is [N-]=[N+]=C1CCCCCCC1C1CCCCCCC1=[N+]=[N-]. The molecule has 2 unspecified atom stereocenters. The van der Waals surface area contributed by atoms with Crippen LogP contribution in [0.25, 0.3) is 11.1 Å². The fourth-order valence-electron chi connectivity index (χ4n) is 3.87. The number of rotatable bonds is 1. The molecular weight excluding hydrogens is 248 g/mol. The summed E-state index contributed by atoms with van der Waals surface area (Å²) in [6.07, 6.45) is 13.6. The first-order valence-electron chi connectivity index (χ1n) is 8.28. The Morgan fingerprint density at radius 2 is 1.00 bits per heavy atom. The molecule has 110 valence electrons. The molecule has 0 saturated heterocycles. The summed E-state index contributed by atoms with van der Waals surface area (Å²) >= 11 is 0. The first-order valence-corrected chi connectivity index (χ1v) is 8.28. The number of nitrogens with zero attached hydrogens (tertiary/aromatic N) is 4. The van der Waals surface area contributed by atoms with Crippen LogP contribution in [0.15, 0.2) is 0 Å². The molecule has 0 bridgehead atoms. The minimum atomic E-state index is 0.282. The van der Waals surface area contributed by atoms with E-state index in [4.69, 9.17) is 0 Å². The lowest BCUT2D eigenvalue weighted by atomic mass is 9.74. The van der Waals surface area contributed by atoms with Gasteiger partial charge in [-0.2, -0.15) is 9.58 Å². The summed E-state index contributed by atoms with van der Waals surface area (Å²) in [5.41, 5.74) is 20.6. The topological polar surface area (TPSA) is 72.8 Å². The Morgan fingerprint density at radius 1 is 0.600 bits per heavy atom. The molecule has 0 spiro atoms. The molecule has 0 amide bonds. The molecule has 0 aromatic heterocycles. The average Bonchev–Trinajstić information content (AvgIpc) is 2.40. The second-order valence-electron chi connectivity index (χ2n) is 6.30. The summed E-state index contributed by atoms with van der Waals surface area (Å²) in [6.45, 7) is 0. The van der Waals surface area contributed by atoms with Crippen molar-refractivity contribution in [3.63, 3.8) is 0 Å². The van der Waals surface area contributed by atoms with Gasteiger partial charge in [0.2, 0.25) is 0 Å². The van der Waals surface area contributed by atoms with E-state index < -0.39 is 0 Å². The second-order valence-corrected chi connectivity index (χ2v) is 6.30. The molecule has 0 aliphatic heterocycles. The highest BCUT2D eigenvalue weighted by Crippen LogP contribution is 2.32. The lowest BCUT2D eigenvalue weighted by molar-refractivity contribution is -0.0301. The maximum Gasteiger partial charge on any atom is 0.272 e. The van der Waals surface area contributed by atoms with E-state index in [1.54, 1.807) is 0 Å². The van der Waals surface area contributed by atoms with Crippen LogP contribution in [0.3, 0.4) is 0 Å². The van der Waals surface area contributed by atoms with E-state index in [2.05, 4.69) is 9.58 Å². The van der Waals surface area contributed by atoms with Gasteiger partial charge >= 0.3 is 0 Å². The van der Waals surface area contributed by atoms with Crippen LogP contribution in [0, 0.1) is 11.8 Å². The molecule has 2 saturated carbocycles. The van der Waals surface area contributed by atoms with Crippen molar-refractivity contribution in [1.29, 1.82) is 0 Å². The zero-order valence-corrected chi connectivity index (χ0v) is 12.4. The third-order valence-corrected chi connectivity index (χ3v) is 4.99. The van der Waals surface area contributed by atoms with Crippen LogP contribution in [0.4, 0.5) is 0 Å². The van der Waals surface area contributed by atoms with Crippen molar-refractivity contribution in [3.05, 3.63) is 11.1 Å². The summed E-state index contributed by atoms with van der Waals surface area (Å²) in [4.78, 5) is 7.22. The van der Waals surface area contributed by atoms with Gasteiger partial charge in [-0.05, 0) is 25.7 Å². The van der Waals surface area contributed by atoms with Crippen LogP contribution >= 0.6 is 0 Å². The lowest BCUT2D eigenvalue weighted by Gasteiger charge is -2.24. The zero-order valence-electron chi connectivity index (χ0n) is 12.4. The Bertz CT molecular complexity index is 376. The van der Waals surface area contributed by atoms with Gasteiger partial charge in [-0.15, -0.1) is 0 Å². The van der Waals surface area contributed by atoms with Crippen LogP contribution in [-0.2, 0) is 0 Å². The molecule has 0 heterocycles. The van der Waals surface area contributed by atoms with Crippen molar-refractivity contribution in [1.82, 2.24) is 0 Å².